The molecule has 0 aliphatic carbocycles. The van der Waals surface area contributed by atoms with Crippen LogP contribution in [-0.4, -0.2) is 15.0 Å². The van der Waals surface area contributed by atoms with E-state index >= 15 is 0 Å². The van der Waals surface area contributed by atoms with Crippen LogP contribution in [0.25, 0.3) is 10.9 Å². The maximum atomic E-state index is 4.22. The number of nitrogens with one attached hydrogen (secondary N) is 1. The van der Waals surface area contributed by atoms with Crippen LogP contribution in [0.5, 0.6) is 0 Å². The van der Waals surface area contributed by atoms with Crippen molar-refractivity contribution in [2.24, 2.45) is 0 Å². The van der Waals surface area contributed by atoms with E-state index in [2.05, 4.69) is 20.3 Å². The molecule has 17 heavy (non-hydrogen) atoms. The normalized spacial score (nSPS) is 10.4. The van der Waals surface area contributed by atoms with Gasteiger partial charge in [0, 0.05) is 23.5 Å². The van der Waals surface area contributed by atoms with Crippen LogP contribution < -0.4 is 5.32 Å². The van der Waals surface area contributed by atoms with Crippen molar-refractivity contribution in [3.63, 3.8) is 0 Å². The van der Waals surface area contributed by atoms with E-state index in [9.17, 15) is 0 Å². The summed E-state index contributed by atoms with van der Waals surface area (Å²) in [5.41, 5.74) is 2.87. The Kier molecular flexibility index (Phi) is 2.38. The minimum absolute atomic E-state index is 0.925. The lowest BCUT2D eigenvalue weighted by Crippen LogP contribution is -1.91. The summed E-state index contributed by atoms with van der Waals surface area (Å²) in [4.78, 5) is 12.3. The van der Waals surface area contributed by atoms with Crippen LogP contribution in [-0.2, 0) is 0 Å². The predicted octanol–water partition coefficient (Wildman–Crippen LogP) is 2.77. The lowest BCUT2D eigenvalue weighted by atomic mass is 10.2. The Labute approximate surface area is 98.4 Å². The summed E-state index contributed by atoms with van der Waals surface area (Å²) in [6.07, 6.45) is 6.88. The third-order valence-electron chi connectivity index (χ3n) is 2.46. The van der Waals surface area contributed by atoms with E-state index in [0.717, 1.165) is 22.3 Å². The number of fused-ring (bicyclic) bond motifs is 1. The molecule has 3 aromatic rings. The average Bonchev–Trinajstić information content (AvgIpc) is 2.40. The van der Waals surface area contributed by atoms with E-state index in [1.807, 2.05) is 30.3 Å². The second-order valence-electron chi connectivity index (χ2n) is 3.66. The molecule has 1 aromatic carbocycles. The van der Waals surface area contributed by atoms with Crippen LogP contribution in [0.15, 0.2) is 55.2 Å². The van der Waals surface area contributed by atoms with Gasteiger partial charge in [0.2, 0.25) is 0 Å². The van der Waals surface area contributed by atoms with Crippen LogP contribution in [0.1, 0.15) is 0 Å². The second kappa shape index (κ2) is 4.17. The highest BCUT2D eigenvalue weighted by Crippen LogP contribution is 2.19. The van der Waals surface area contributed by atoms with E-state index in [-0.39, 0.29) is 0 Å². The van der Waals surface area contributed by atoms with E-state index < -0.39 is 0 Å². The molecule has 0 bridgehead atoms. The first-order valence-corrected chi connectivity index (χ1v) is 5.29. The van der Waals surface area contributed by atoms with Crippen LogP contribution in [0.3, 0.4) is 0 Å². The third kappa shape index (κ3) is 2.06. The fraction of sp³-hybridized carbons (Fsp3) is 0. The van der Waals surface area contributed by atoms with Crippen molar-refractivity contribution in [1.29, 1.82) is 0 Å². The molecular weight excluding hydrogens is 212 g/mol. The van der Waals surface area contributed by atoms with Crippen molar-refractivity contribution in [3.05, 3.63) is 55.2 Å². The molecule has 0 aliphatic rings. The van der Waals surface area contributed by atoms with Gasteiger partial charge >= 0.3 is 0 Å². The second-order valence-corrected chi connectivity index (χ2v) is 3.66. The van der Waals surface area contributed by atoms with Crippen molar-refractivity contribution < 1.29 is 0 Å². The maximum Gasteiger partial charge on any atom is 0.116 e. The summed E-state index contributed by atoms with van der Waals surface area (Å²) in [6.45, 7) is 0. The van der Waals surface area contributed by atoms with Crippen LogP contribution in [0.4, 0.5) is 11.4 Å². The van der Waals surface area contributed by atoms with Crippen molar-refractivity contribution in [2.45, 2.75) is 0 Å². The van der Waals surface area contributed by atoms with Crippen LogP contribution in [0, 0.1) is 0 Å². The van der Waals surface area contributed by atoms with Crippen molar-refractivity contribution in [1.82, 2.24) is 15.0 Å². The SMILES string of the molecule is c1cncc(Nc2ccc3cncnc3c2)c1. The predicted molar refractivity (Wildman–Crippen MR) is 67.1 cm³/mol. The molecule has 0 amide bonds. The zero-order chi connectivity index (χ0) is 11.5. The highest BCUT2D eigenvalue weighted by atomic mass is 14.9. The Morgan fingerprint density at radius 3 is 2.82 bits per heavy atom. The molecule has 4 heteroatoms. The highest BCUT2D eigenvalue weighted by molar-refractivity contribution is 5.82. The molecule has 0 atom stereocenters. The minimum atomic E-state index is 0.925. The average molecular weight is 222 g/mol. The number of hydrogen-bond donors (Lipinski definition) is 1. The topological polar surface area (TPSA) is 50.7 Å². The van der Waals surface area contributed by atoms with Crippen molar-refractivity contribution in [2.75, 3.05) is 5.32 Å². The molecule has 0 saturated carbocycles. The van der Waals surface area contributed by atoms with Gasteiger partial charge in [-0.05, 0) is 30.3 Å². The molecule has 2 heterocycles. The summed E-state index contributed by atoms with van der Waals surface area (Å²) in [5, 5.41) is 4.30. The fourth-order valence-electron chi connectivity index (χ4n) is 1.65. The number of pyridine rings is 1. The van der Waals surface area contributed by atoms with Crippen molar-refractivity contribution in [3.8, 4) is 0 Å². The lowest BCUT2D eigenvalue weighted by Gasteiger charge is -2.06. The number of benzene rings is 1. The zero-order valence-electron chi connectivity index (χ0n) is 9.04. The summed E-state index contributed by atoms with van der Waals surface area (Å²) in [6, 6.07) is 9.85. The molecule has 0 unspecified atom stereocenters. The molecule has 0 aliphatic heterocycles. The number of hydrogen-bond acceptors (Lipinski definition) is 4. The van der Waals surface area contributed by atoms with Gasteiger partial charge in [-0.1, -0.05) is 0 Å². The molecule has 0 fully saturated rings. The van der Waals surface area contributed by atoms with Crippen LogP contribution in [0.2, 0.25) is 0 Å². The van der Waals surface area contributed by atoms with Gasteiger partial charge in [0.05, 0.1) is 17.4 Å². The lowest BCUT2D eigenvalue weighted by molar-refractivity contribution is 1.22. The Morgan fingerprint density at radius 2 is 1.94 bits per heavy atom. The van der Waals surface area contributed by atoms with Gasteiger partial charge in [0.25, 0.3) is 0 Å². The van der Waals surface area contributed by atoms with E-state index in [0.29, 0.717) is 0 Å². The Hall–Kier alpha value is -2.49. The van der Waals surface area contributed by atoms with Gasteiger partial charge < -0.3 is 5.32 Å². The van der Waals surface area contributed by atoms with E-state index in [1.54, 1.807) is 24.9 Å². The zero-order valence-corrected chi connectivity index (χ0v) is 9.04. The van der Waals surface area contributed by atoms with Gasteiger partial charge in [-0.25, -0.2) is 9.97 Å². The molecule has 0 spiro atoms. The molecule has 82 valence electrons. The summed E-state index contributed by atoms with van der Waals surface area (Å²) in [5.74, 6) is 0. The Morgan fingerprint density at radius 1 is 0.941 bits per heavy atom. The van der Waals surface area contributed by atoms with E-state index in [4.69, 9.17) is 0 Å². The number of aromatic nitrogens is 3. The molecule has 4 nitrogen and oxygen atoms in total. The third-order valence-corrected chi connectivity index (χ3v) is 2.46. The summed E-state index contributed by atoms with van der Waals surface area (Å²) < 4.78 is 0. The summed E-state index contributed by atoms with van der Waals surface area (Å²) >= 11 is 0. The molecule has 0 saturated heterocycles. The van der Waals surface area contributed by atoms with Gasteiger partial charge in [0.1, 0.15) is 6.33 Å². The number of nitrogens with zero attached hydrogens (tertiary/aromatic N) is 3. The van der Waals surface area contributed by atoms with Crippen molar-refractivity contribution >= 4 is 22.3 Å². The van der Waals surface area contributed by atoms with Gasteiger partial charge in [0.15, 0.2) is 0 Å². The van der Waals surface area contributed by atoms with Gasteiger partial charge in [-0.15, -0.1) is 0 Å². The van der Waals surface area contributed by atoms with Gasteiger partial charge in [-0.3, -0.25) is 4.98 Å². The number of rotatable bonds is 2. The largest absolute Gasteiger partial charge is 0.354 e. The fourth-order valence-corrected chi connectivity index (χ4v) is 1.65. The molecule has 1 N–H and O–H groups in total. The molecular formula is C13H10N4. The van der Waals surface area contributed by atoms with E-state index in [1.165, 1.54) is 0 Å². The number of anilines is 2. The highest BCUT2D eigenvalue weighted by Gasteiger charge is 1.97. The monoisotopic (exact) mass is 222 g/mol. The molecule has 0 radical (unpaired) electrons. The standard InChI is InChI=1S/C13H10N4/c1-2-12(8-14-5-1)17-11-4-3-10-7-15-9-16-13(10)6-11/h1-9,17H. The molecule has 2 aromatic heterocycles. The first-order chi connectivity index (χ1) is 8.42. The first-order valence-electron chi connectivity index (χ1n) is 5.29. The summed E-state index contributed by atoms with van der Waals surface area (Å²) in [7, 11) is 0. The maximum absolute atomic E-state index is 4.22. The molecule has 3 rings (SSSR count). The minimum Gasteiger partial charge on any atom is -0.354 e. The van der Waals surface area contributed by atoms with Crippen LogP contribution >= 0.6 is 0 Å². The first kappa shape index (κ1) is 9.72. The smallest absolute Gasteiger partial charge is 0.116 e. The Bertz CT molecular complexity index is 637. The Balaban J connectivity index is 1.96. The quantitative estimate of drug-likeness (QED) is 0.724. The van der Waals surface area contributed by atoms with Gasteiger partial charge in [-0.2, -0.15) is 0 Å².